The Balaban J connectivity index is 2.24. The first-order valence-corrected chi connectivity index (χ1v) is 8.09. The molecule has 0 radical (unpaired) electrons. The van der Waals surface area contributed by atoms with Gasteiger partial charge in [-0.15, -0.1) is 0 Å². The van der Waals surface area contributed by atoms with Crippen LogP contribution >= 0.6 is 11.6 Å². The minimum atomic E-state index is -2.75. The Kier molecular flexibility index (Phi) is 6.00. The molecule has 0 aliphatic rings. The molecule has 0 spiro atoms. The number of rotatable bonds is 5. The zero-order valence-electron chi connectivity index (χ0n) is 14.2. The highest BCUT2D eigenvalue weighted by molar-refractivity contribution is 6.31. The minimum absolute atomic E-state index is 0.291. The van der Waals surface area contributed by atoms with Crippen molar-refractivity contribution in [2.24, 2.45) is 0 Å². The van der Waals surface area contributed by atoms with Crippen LogP contribution in [0.25, 0.3) is 0 Å². The molecule has 0 saturated heterocycles. The van der Waals surface area contributed by atoms with Crippen LogP contribution in [0.1, 0.15) is 44.6 Å². The van der Waals surface area contributed by atoms with Gasteiger partial charge in [-0.2, -0.15) is 13.9 Å². The number of nitrogens with one attached hydrogen (secondary N) is 1. The van der Waals surface area contributed by atoms with Gasteiger partial charge in [0.2, 0.25) is 0 Å². The maximum atomic E-state index is 12.8. The fraction of sp³-hybridized carbons (Fsp3) is 0.412. The molecule has 1 aromatic heterocycles. The summed E-state index contributed by atoms with van der Waals surface area (Å²) in [7, 11) is 0. The Morgan fingerprint density at radius 2 is 2.00 bits per heavy atom. The summed E-state index contributed by atoms with van der Waals surface area (Å²) >= 11 is 6.16. The quantitative estimate of drug-likeness (QED) is 0.825. The smallest absolute Gasteiger partial charge is 0.408 e. The normalized spacial score (nSPS) is 12.9. The lowest BCUT2D eigenvalue weighted by Gasteiger charge is -2.23. The summed E-state index contributed by atoms with van der Waals surface area (Å²) in [6, 6.07) is 7.90. The number of alkyl carbamates (subject to hydrolysis) is 1. The first-order chi connectivity index (χ1) is 11.7. The van der Waals surface area contributed by atoms with Gasteiger partial charge < -0.3 is 10.1 Å². The van der Waals surface area contributed by atoms with Gasteiger partial charge in [0.15, 0.2) is 0 Å². The molecule has 0 fully saturated rings. The van der Waals surface area contributed by atoms with Crippen LogP contribution in [0.4, 0.5) is 13.6 Å². The molecule has 8 heteroatoms. The van der Waals surface area contributed by atoms with E-state index in [0.717, 1.165) is 11.8 Å². The number of aromatic nitrogens is 2. The summed E-state index contributed by atoms with van der Waals surface area (Å²) in [5.74, 6) is 0. The third kappa shape index (κ3) is 5.70. The van der Waals surface area contributed by atoms with Crippen molar-refractivity contribution in [3.8, 4) is 0 Å². The Morgan fingerprint density at radius 3 is 2.56 bits per heavy atom. The van der Waals surface area contributed by atoms with Gasteiger partial charge >= 0.3 is 12.6 Å². The molecule has 5 nitrogen and oxygen atoms in total. The number of amides is 1. The van der Waals surface area contributed by atoms with E-state index in [1.807, 2.05) is 6.07 Å². The lowest BCUT2D eigenvalue weighted by atomic mass is 10.0. The van der Waals surface area contributed by atoms with Gasteiger partial charge in [-0.3, -0.25) is 0 Å². The first kappa shape index (κ1) is 19.2. The molecule has 136 valence electrons. The Morgan fingerprint density at radius 1 is 1.32 bits per heavy atom. The second kappa shape index (κ2) is 7.82. The molecule has 25 heavy (non-hydrogen) atoms. The number of carbonyl (C=O) groups is 1. The molecular weight excluding hydrogens is 352 g/mol. The molecule has 1 atom stereocenters. The molecule has 2 rings (SSSR count). The van der Waals surface area contributed by atoms with Crippen molar-refractivity contribution in [1.29, 1.82) is 0 Å². The highest BCUT2D eigenvalue weighted by Crippen LogP contribution is 2.24. The Bertz CT molecular complexity index is 729. The Labute approximate surface area is 149 Å². The number of halogens is 3. The zero-order valence-corrected chi connectivity index (χ0v) is 14.9. The zero-order chi connectivity index (χ0) is 18.6. The van der Waals surface area contributed by atoms with Crippen molar-refractivity contribution >= 4 is 17.7 Å². The van der Waals surface area contributed by atoms with Gasteiger partial charge in [-0.25, -0.2) is 9.48 Å². The van der Waals surface area contributed by atoms with Gasteiger partial charge in [0.1, 0.15) is 5.60 Å². The lowest BCUT2D eigenvalue weighted by molar-refractivity contribution is 0.0497. The van der Waals surface area contributed by atoms with E-state index in [1.54, 1.807) is 39.0 Å². The highest BCUT2D eigenvalue weighted by Gasteiger charge is 2.23. The average Bonchev–Trinajstić information content (AvgIpc) is 2.97. The summed E-state index contributed by atoms with van der Waals surface area (Å²) in [5.41, 5.74) is 0.379. The van der Waals surface area contributed by atoms with Crippen molar-refractivity contribution in [3.05, 3.63) is 52.8 Å². The summed E-state index contributed by atoms with van der Waals surface area (Å²) in [5, 5.41) is 7.04. The molecule has 1 aromatic carbocycles. The molecule has 0 aliphatic heterocycles. The third-order valence-corrected chi connectivity index (χ3v) is 3.63. The average molecular weight is 372 g/mol. The van der Waals surface area contributed by atoms with Crippen LogP contribution in [0.5, 0.6) is 0 Å². The van der Waals surface area contributed by atoms with E-state index in [0.29, 0.717) is 21.8 Å². The fourth-order valence-electron chi connectivity index (χ4n) is 2.21. The number of hydrogen-bond acceptors (Lipinski definition) is 3. The van der Waals surface area contributed by atoms with E-state index < -0.39 is 24.3 Å². The number of nitrogens with zero attached hydrogens (tertiary/aromatic N) is 2. The van der Waals surface area contributed by atoms with Crippen molar-refractivity contribution in [3.63, 3.8) is 0 Å². The number of carbonyl (C=O) groups excluding carboxylic acids is 1. The van der Waals surface area contributed by atoms with E-state index in [1.165, 1.54) is 6.07 Å². The SMILES string of the molecule is CC(C)(C)OC(=O)NC(Cc1ccccc1Cl)c1ccn(C(F)F)n1. The summed E-state index contributed by atoms with van der Waals surface area (Å²) in [6.07, 6.45) is 0.798. The molecule has 1 unspecified atom stereocenters. The molecule has 1 N–H and O–H groups in total. The van der Waals surface area contributed by atoms with Crippen molar-refractivity contribution in [2.75, 3.05) is 0 Å². The van der Waals surface area contributed by atoms with E-state index in [9.17, 15) is 13.6 Å². The molecule has 0 aliphatic carbocycles. The molecule has 1 heterocycles. The van der Waals surface area contributed by atoms with Gasteiger partial charge in [0.25, 0.3) is 0 Å². The van der Waals surface area contributed by atoms with Crippen molar-refractivity contribution < 1.29 is 18.3 Å². The van der Waals surface area contributed by atoms with E-state index in [4.69, 9.17) is 16.3 Å². The number of ether oxygens (including phenoxy) is 1. The van der Waals surface area contributed by atoms with E-state index in [-0.39, 0.29) is 0 Å². The third-order valence-electron chi connectivity index (χ3n) is 3.26. The lowest BCUT2D eigenvalue weighted by Crippen LogP contribution is -2.36. The monoisotopic (exact) mass is 371 g/mol. The number of alkyl halides is 2. The van der Waals surface area contributed by atoms with Gasteiger partial charge in [-0.1, -0.05) is 29.8 Å². The van der Waals surface area contributed by atoms with Crippen LogP contribution in [-0.4, -0.2) is 21.5 Å². The van der Waals surface area contributed by atoms with Gasteiger partial charge in [0, 0.05) is 17.6 Å². The minimum Gasteiger partial charge on any atom is -0.444 e. The second-order valence-corrected chi connectivity index (χ2v) is 6.90. The molecule has 1 amide bonds. The molecule has 0 bridgehead atoms. The number of hydrogen-bond donors (Lipinski definition) is 1. The van der Waals surface area contributed by atoms with Crippen LogP contribution in [0.15, 0.2) is 36.5 Å². The summed E-state index contributed by atoms with van der Waals surface area (Å²) < 4.78 is 31.4. The van der Waals surface area contributed by atoms with E-state index >= 15 is 0 Å². The largest absolute Gasteiger partial charge is 0.444 e. The van der Waals surface area contributed by atoms with Gasteiger partial charge in [0.05, 0.1) is 11.7 Å². The predicted octanol–water partition coefficient (Wildman–Crippen LogP) is 4.74. The Hall–Kier alpha value is -2.15. The number of benzene rings is 1. The summed E-state index contributed by atoms with van der Waals surface area (Å²) in [4.78, 5) is 12.1. The first-order valence-electron chi connectivity index (χ1n) is 7.72. The van der Waals surface area contributed by atoms with Crippen molar-refractivity contribution in [1.82, 2.24) is 15.1 Å². The topological polar surface area (TPSA) is 56.1 Å². The van der Waals surface area contributed by atoms with Crippen LogP contribution in [0.3, 0.4) is 0 Å². The van der Waals surface area contributed by atoms with Crippen LogP contribution in [0.2, 0.25) is 5.02 Å². The molecule has 0 saturated carbocycles. The van der Waals surface area contributed by atoms with Crippen molar-refractivity contribution in [2.45, 2.75) is 45.4 Å². The molecular formula is C17H20ClF2N3O2. The van der Waals surface area contributed by atoms with E-state index in [2.05, 4.69) is 10.4 Å². The predicted molar refractivity (Wildman–Crippen MR) is 90.7 cm³/mol. The molecule has 2 aromatic rings. The fourth-order valence-corrected chi connectivity index (χ4v) is 2.42. The maximum Gasteiger partial charge on any atom is 0.408 e. The van der Waals surface area contributed by atoms with Crippen LogP contribution in [-0.2, 0) is 11.2 Å². The summed E-state index contributed by atoms with van der Waals surface area (Å²) in [6.45, 7) is 2.46. The maximum absolute atomic E-state index is 12.8. The van der Waals surface area contributed by atoms with Crippen LogP contribution in [0, 0.1) is 0 Å². The standard InChI is InChI=1S/C17H20ClF2N3O2/c1-17(2,3)25-16(24)21-14(10-11-6-4-5-7-12(11)18)13-8-9-23(22-13)15(19)20/h4-9,14-15H,10H2,1-3H3,(H,21,24). The second-order valence-electron chi connectivity index (χ2n) is 6.49. The highest BCUT2D eigenvalue weighted by atomic mass is 35.5. The van der Waals surface area contributed by atoms with Gasteiger partial charge in [-0.05, 0) is 38.5 Å². The van der Waals surface area contributed by atoms with Crippen LogP contribution < -0.4 is 5.32 Å².